The molecule has 1 heterocycles. The fourth-order valence-corrected chi connectivity index (χ4v) is 4.00. The molecule has 4 nitrogen and oxygen atoms in total. The van der Waals surface area contributed by atoms with Gasteiger partial charge >= 0.3 is 5.97 Å². The van der Waals surface area contributed by atoms with Crippen molar-refractivity contribution < 1.29 is 27.8 Å². The molecule has 3 aromatic rings. The average molecular weight is 416 g/mol. The van der Waals surface area contributed by atoms with Crippen LogP contribution in [0.3, 0.4) is 0 Å². The van der Waals surface area contributed by atoms with Crippen LogP contribution in [0.5, 0.6) is 5.75 Å². The highest BCUT2D eigenvalue weighted by molar-refractivity contribution is 7.17. The lowest BCUT2D eigenvalue weighted by molar-refractivity contribution is -0.142. The summed E-state index contributed by atoms with van der Waals surface area (Å²) < 4.78 is 37.2. The molecule has 0 bridgehead atoms. The number of halogens is 2. The van der Waals surface area contributed by atoms with Crippen LogP contribution < -0.4 is 4.74 Å². The van der Waals surface area contributed by atoms with Gasteiger partial charge in [-0.15, -0.1) is 11.3 Å². The first-order chi connectivity index (χ1) is 13.9. The Kier molecular flexibility index (Phi) is 6.39. The van der Waals surface area contributed by atoms with Crippen molar-refractivity contribution in [3.05, 3.63) is 76.2 Å². The second-order valence-corrected chi connectivity index (χ2v) is 7.21. The number of carbonyl (C=O) groups is 2. The van der Waals surface area contributed by atoms with E-state index in [0.29, 0.717) is 22.3 Å². The summed E-state index contributed by atoms with van der Waals surface area (Å²) in [7, 11) is 1.56. The minimum absolute atomic E-state index is 0.0174. The van der Waals surface area contributed by atoms with E-state index in [4.69, 9.17) is 9.47 Å². The van der Waals surface area contributed by atoms with Crippen molar-refractivity contribution >= 4 is 23.1 Å². The molecule has 150 valence electrons. The highest BCUT2D eigenvalue weighted by atomic mass is 32.1. The van der Waals surface area contributed by atoms with Gasteiger partial charge in [0.05, 0.1) is 25.0 Å². The van der Waals surface area contributed by atoms with Crippen molar-refractivity contribution in [3.8, 4) is 16.2 Å². The Morgan fingerprint density at radius 2 is 1.66 bits per heavy atom. The van der Waals surface area contributed by atoms with Gasteiger partial charge in [-0.25, -0.2) is 8.78 Å². The molecule has 0 spiro atoms. The molecule has 0 aliphatic rings. The van der Waals surface area contributed by atoms with Crippen LogP contribution in [-0.2, 0) is 16.0 Å². The van der Waals surface area contributed by atoms with E-state index < -0.39 is 23.4 Å². The summed E-state index contributed by atoms with van der Waals surface area (Å²) in [4.78, 5) is 25.8. The van der Waals surface area contributed by atoms with Crippen LogP contribution in [0.4, 0.5) is 8.78 Å². The maximum atomic E-state index is 13.5. The van der Waals surface area contributed by atoms with E-state index in [0.717, 1.165) is 29.0 Å². The summed E-state index contributed by atoms with van der Waals surface area (Å²) in [6, 6.07) is 11.4. The van der Waals surface area contributed by atoms with Crippen LogP contribution >= 0.6 is 11.3 Å². The Morgan fingerprint density at radius 1 is 1.00 bits per heavy atom. The van der Waals surface area contributed by atoms with Crippen molar-refractivity contribution in [3.63, 3.8) is 0 Å². The second-order valence-electron chi connectivity index (χ2n) is 6.16. The van der Waals surface area contributed by atoms with Crippen LogP contribution in [0, 0.1) is 11.6 Å². The summed E-state index contributed by atoms with van der Waals surface area (Å²) in [5, 5.41) is 0. The Bertz CT molecular complexity index is 1020. The number of thiophene rings is 1. The molecule has 0 aliphatic carbocycles. The van der Waals surface area contributed by atoms with Gasteiger partial charge in [0.25, 0.3) is 0 Å². The van der Waals surface area contributed by atoms with Crippen LogP contribution in [0.2, 0.25) is 0 Å². The third kappa shape index (κ3) is 4.86. The van der Waals surface area contributed by atoms with Gasteiger partial charge in [-0.1, -0.05) is 0 Å². The zero-order chi connectivity index (χ0) is 21.0. The normalized spacial score (nSPS) is 10.6. The van der Waals surface area contributed by atoms with Crippen LogP contribution in [0.15, 0.2) is 48.5 Å². The maximum Gasteiger partial charge on any atom is 0.310 e. The number of benzene rings is 2. The van der Waals surface area contributed by atoms with E-state index in [9.17, 15) is 18.4 Å². The van der Waals surface area contributed by atoms with Gasteiger partial charge in [-0.2, -0.15) is 0 Å². The number of rotatable bonds is 7. The van der Waals surface area contributed by atoms with Crippen LogP contribution in [0.1, 0.15) is 27.7 Å². The van der Waals surface area contributed by atoms with Gasteiger partial charge in [0.1, 0.15) is 17.4 Å². The number of esters is 1. The summed E-state index contributed by atoms with van der Waals surface area (Å²) in [6.07, 6.45) is -0.0174. The SMILES string of the molecule is CCOC(=O)Cc1cc(C(=O)c2cc(F)cc(F)c2)sc1-c1ccc(OC)cc1. The first-order valence-electron chi connectivity index (χ1n) is 8.84. The van der Waals surface area contributed by atoms with Crippen molar-refractivity contribution in [2.24, 2.45) is 0 Å². The average Bonchev–Trinajstić information content (AvgIpc) is 3.10. The van der Waals surface area contributed by atoms with Crippen LogP contribution in [0.25, 0.3) is 10.4 Å². The van der Waals surface area contributed by atoms with E-state index in [1.54, 1.807) is 32.2 Å². The number of ether oxygens (including phenoxy) is 2. The predicted molar refractivity (Wildman–Crippen MR) is 106 cm³/mol. The first-order valence-corrected chi connectivity index (χ1v) is 9.66. The summed E-state index contributed by atoms with van der Waals surface area (Å²) in [5.74, 6) is -1.92. The molecule has 0 N–H and O–H groups in total. The molecular weight excluding hydrogens is 398 g/mol. The lowest BCUT2D eigenvalue weighted by Gasteiger charge is -2.05. The Labute approximate surface area is 170 Å². The molecule has 0 radical (unpaired) electrons. The number of hydrogen-bond acceptors (Lipinski definition) is 5. The summed E-state index contributed by atoms with van der Waals surface area (Å²) in [6.45, 7) is 1.96. The van der Waals surface area contributed by atoms with Gasteiger partial charge in [0.15, 0.2) is 0 Å². The number of hydrogen-bond donors (Lipinski definition) is 0. The molecule has 0 unspecified atom stereocenters. The monoisotopic (exact) mass is 416 g/mol. The minimum Gasteiger partial charge on any atom is -0.497 e. The molecule has 0 amide bonds. The zero-order valence-corrected chi connectivity index (χ0v) is 16.6. The van der Waals surface area contributed by atoms with Crippen LogP contribution in [-0.4, -0.2) is 25.5 Å². The lowest BCUT2D eigenvalue weighted by atomic mass is 10.0. The Hall–Kier alpha value is -3.06. The second kappa shape index (κ2) is 8.96. The first kappa shape index (κ1) is 20.7. The van der Waals surface area contributed by atoms with Gasteiger partial charge in [0, 0.05) is 16.5 Å². The van der Waals surface area contributed by atoms with E-state index >= 15 is 0 Å². The molecule has 0 aliphatic heterocycles. The largest absolute Gasteiger partial charge is 0.497 e. The van der Waals surface area contributed by atoms with Crippen molar-refractivity contribution in [2.45, 2.75) is 13.3 Å². The summed E-state index contributed by atoms with van der Waals surface area (Å²) in [5.41, 5.74) is 1.31. The van der Waals surface area contributed by atoms with Gasteiger partial charge in [-0.3, -0.25) is 9.59 Å². The predicted octanol–water partition coefficient (Wildman–Crippen LogP) is 5.04. The molecule has 3 rings (SSSR count). The number of carbonyl (C=O) groups excluding carboxylic acids is 2. The molecule has 0 fully saturated rings. The highest BCUT2D eigenvalue weighted by Crippen LogP contribution is 2.35. The number of methoxy groups -OCH3 is 1. The topological polar surface area (TPSA) is 52.6 Å². The third-order valence-electron chi connectivity index (χ3n) is 4.15. The Balaban J connectivity index is 2.02. The van der Waals surface area contributed by atoms with E-state index in [1.807, 2.05) is 12.1 Å². The summed E-state index contributed by atoms with van der Waals surface area (Å²) >= 11 is 1.16. The fraction of sp³-hybridized carbons (Fsp3) is 0.182. The maximum absolute atomic E-state index is 13.5. The lowest BCUT2D eigenvalue weighted by Crippen LogP contribution is -2.07. The number of ketones is 1. The molecule has 0 atom stereocenters. The molecule has 7 heteroatoms. The van der Waals surface area contributed by atoms with Gasteiger partial charge < -0.3 is 9.47 Å². The van der Waals surface area contributed by atoms with E-state index in [-0.39, 0.29) is 23.5 Å². The molecule has 1 aromatic heterocycles. The van der Waals surface area contributed by atoms with Crippen molar-refractivity contribution in [1.82, 2.24) is 0 Å². The molecule has 0 saturated heterocycles. The molecule has 29 heavy (non-hydrogen) atoms. The van der Waals surface area contributed by atoms with Gasteiger partial charge in [-0.05, 0) is 60.5 Å². The van der Waals surface area contributed by atoms with Gasteiger partial charge in [0.2, 0.25) is 5.78 Å². The smallest absolute Gasteiger partial charge is 0.310 e. The highest BCUT2D eigenvalue weighted by Gasteiger charge is 2.20. The van der Waals surface area contributed by atoms with Crippen molar-refractivity contribution in [1.29, 1.82) is 0 Å². The minimum atomic E-state index is -0.827. The molecule has 0 saturated carbocycles. The Morgan fingerprint density at radius 3 is 2.24 bits per heavy atom. The van der Waals surface area contributed by atoms with E-state index in [2.05, 4.69) is 0 Å². The fourth-order valence-electron chi connectivity index (χ4n) is 2.85. The molecule has 2 aromatic carbocycles. The van der Waals surface area contributed by atoms with E-state index in [1.165, 1.54) is 0 Å². The quantitative estimate of drug-likeness (QED) is 0.400. The standard InChI is InChI=1S/C22H18F2O4S/c1-3-28-20(25)11-15-10-19(21(26)14-8-16(23)12-17(24)9-14)29-22(15)13-4-6-18(27-2)7-5-13/h4-10,12H,3,11H2,1-2H3. The third-order valence-corrected chi connectivity index (χ3v) is 5.38. The zero-order valence-electron chi connectivity index (χ0n) is 15.8. The van der Waals surface area contributed by atoms with Crippen molar-refractivity contribution in [2.75, 3.05) is 13.7 Å². The molecular formula is C22H18F2O4S.